The quantitative estimate of drug-likeness (QED) is 0.0153. The van der Waals surface area contributed by atoms with E-state index in [4.69, 9.17) is 34.9 Å². The van der Waals surface area contributed by atoms with Gasteiger partial charge in [0.2, 0.25) is 5.91 Å². The molecule has 16 unspecified atom stereocenters. The lowest BCUT2D eigenvalue weighted by Crippen LogP contribution is -2.53. The number of hydrogen-bond donors (Lipinski definition) is 26. The van der Waals surface area contributed by atoms with Crippen molar-refractivity contribution in [3.63, 3.8) is 0 Å². The molecule has 0 fully saturated rings. The Morgan fingerprint density at radius 2 is 0.756 bits per heavy atom. The molecule has 26 N–H and O–H groups in total. The van der Waals surface area contributed by atoms with Crippen LogP contribution in [0, 0.1) is 0 Å². The van der Waals surface area contributed by atoms with Gasteiger partial charge in [-0.1, -0.05) is 0 Å². The fourth-order valence-electron chi connectivity index (χ4n) is 7.31. The van der Waals surface area contributed by atoms with Crippen LogP contribution in [0.2, 0.25) is 0 Å². The molecule has 40 nitrogen and oxygen atoms in total. The Hall–Kier alpha value is -4.14. The summed E-state index contributed by atoms with van der Waals surface area (Å²) in [7, 11) is 0. The molecular weight excluding hydrogens is 1170 g/mol. The minimum atomic E-state index is -2.31. The summed E-state index contributed by atoms with van der Waals surface area (Å²) >= 11 is 0. The van der Waals surface area contributed by atoms with Gasteiger partial charge in [-0.15, -0.1) is 0 Å². The molecule has 0 spiro atoms. The van der Waals surface area contributed by atoms with Crippen LogP contribution in [0.5, 0.6) is 0 Å². The number of hydrogen-bond acceptors (Lipinski definition) is 35. The molecule has 0 aliphatic rings. The largest absolute Gasteiger partial charge is 0.480 e. The Morgan fingerprint density at radius 1 is 0.407 bits per heavy atom. The predicted molar refractivity (Wildman–Crippen MR) is 283 cm³/mol. The van der Waals surface area contributed by atoms with E-state index < -0.39 is 187 Å². The van der Waals surface area contributed by atoms with E-state index in [-0.39, 0.29) is 98.2 Å². The van der Waals surface area contributed by atoms with Crippen LogP contribution >= 0.6 is 0 Å². The molecule has 0 saturated carbocycles. The number of nitrogens with zero attached hydrogens (tertiary/aromatic N) is 5. The molecule has 0 radical (unpaired) electrons. The number of carbonyl (C=O) groups excluding carboxylic acids is 4. The van der Waals surface area contributed by atoms with Crippen LogP contribution in [0.4, 0.5) is 0 Å². The zero-order chi connectivity index (χ0) is 65.6. The van der Waals surface area contributed by atoms with Gasteiger partial charge in [0.25, 0.3) is 11.8 Å². The molecule has 0 saturated heterocycles. The van der Waals surface area contributed by atoms with Crippen molar-refractivity contribution in [1.29, 1.82) is 0 Å². The average Bonchev–Trinajstić information content (AvgIpc) is 3.70. The molecule has 40 heteroatoms. The van der Waals surface area contributed by atoms with Crippen LogP contribution < -0.4 is 21.6 Å². The molecule has 86 heavy (non-hydrogen) atoms. The Morgan fingerprint density at radius 3 is 1.13 bits per heavy atom. The van der Waals surface area contributed by atoms with E-state index >= 15 is 0 Å². The molecule has 0 aromatic carbocycles. The van der Waals surface area contributed by atoms with Crippen LogP contribution in [-0.2, 0) is 43.3 Å². The predicted octanol–water partition coefficient (Wildman–Crippen LogP) is -17.7. The third kappa shape index (κ3) is 32.9. The number of aldehydes is 1. The number of carboxylic acid groups (broad SMARTS) is 2. The molecule has 16 atom stereocenters. The lowest BCUT2D eigenvalue weighted by molar-refractivity contribution is -0.164. The van der Waals surface area contributed by atoms with Gasteiger partial charge < -0.3 is 133 Å². The molecule has 0 aliphatic carbocycles. The van der Waals surface area contributed by atoms with Gasteiger partial charge in [0.1, 0.15) is 91.7 Å². The molecule has 0 heterocycles. The number of carbonyl (C=O) groups is 6. The highest BCUT2D eigenvalue weighted by atomic mass is 16.7. The summed E-state index contributed by atoms with van der Waals surface area (Å²) in [4.78, 5) is 95.9. The summed E-state index contributed by atoms with van der Waals surface area (Å²) in [5.74, 6) is -5.97. The number of carboxylic acids is 2. The average molecular weight is 1270 g/mol. The van der Waals surface area contributed by atoms with Crippen LogP contribution in [0.3, 0.4) is 0 Å². The number of aliphatic hydroxyl groups excluding tert-OH is 20. The van der Waals surface area contributed by atoms with Crippen molar-refractivity contribution >= 4 is 35.9 Å². The lowest BCUT2D eigenvalue weighted by atomic mass is 10.0. The Bertz CT molecular complexity index is 1790. The van der Waals surface area contributed by atoms with Gasteiger partial charge in [-0.3, -0.25) is 53.2 Å². The van der Waals surface area contributed by atoms with Gasteiger partial charge in [-0.2, -0.15) is 5.06 Å². The highest BCUT2D eigenvalue weighted by Crippen LogP contribution is 2.10. The smallest absolute Gasteiger partial charge is 0.317 e. The van der Waals surface area contributed by atoms with E-state index in [2.05, 4.69) is 21.6 Å². The van der Waals surface area contributed by atoms with Crippen molar-refractivity contribution in [2.24, 2.45) is 0 Å². The SMILES string of the molecule is O=CCN(CCON(CCNC(=O)C(O)C(O)C(O)C(O)CO)CCNC(=O)C(O)C(O)C(O)C(O)CO)CCN(CCN(CC(=O)O)CC(=O)N(CCNOCC(O)C(O)C(O)C(O)CO)CCNOCC(O)C(O)C(O)C(O)CO)CC(=O)O. The summed E-state index contributed by atoms with van der Waals surface area (Å²) in [5.41, 5.74) is 4.81. The number of amides is 3. The van der Waals surface area contributed by atoms with E-state index in [1.165, 1.54) is 9.80 Å². The van der Waals surface area contributed by atoms with Gasteiger partial charge in [0.05, 0.1) is 72.4 Å². The third-order valence-corrected chi connectivity index (χ3v) is 12.6. The second kappa shape index (κ2) is 46.0. The molecule has 0 aromatic rings. The summed E-state index contributed by atoms with van der Waals surface area (Å²) < 4.78 is 0. The number of aliphatic hydroxyl groups is 20. The lowest BCUT2D eigenvalue weighted by Gasteiger charge is -2.30. The monoisotopic (exact) mass is 1270 g/mol. The van der Waals surface area contributed by atoms with E-state index in [0.717, 1.165) is 14.9 Å². The summed E-state index contributed by atoms with van der Waals surface area (Å²) in [6, 6.07) is 0. The Labute approximate surface area is 492 Å². The molecular formula is C46H91N9O31. The van der Waals surface area contributed by atoms with Crippen LogP contribution in [-0.4, -0.2) is 428 Å². The Balaban J connectivity index is 6.16. The normalized spacial score (nSPS) is 17.8. The first kappa shape index (κ1) is 81.9. The first-order chi connectivity index (χ1) is 40.5. The maximum atomic E-state index is 13.8. The molecule has 0 aliphatic heterocycles. The molecule has 0 bridgehead atoms. The fourth-order valence-corrected chi connectivity index (χ4v) is 7.31. The maximum Gasteiger partial charge on any atom is 0.317 e. The van der Waals surface area contributed by atoms with Crippen LogP contribution in [0.15, 0.2) is 0 Å². The highest BCUT2D eigenvalue weighted by Gasteiger charge is 2.36. The standard InChI is InChI=1S/C46H91N9O31/c56-15-13-51(14-16-86-55(7-1-47-45(82)43(80)41(78)37(74)28(63)22-59)8-2-48-46(83)44(81)42(79)38(75)29(64)23-60)9-10-52(18-33(68)69)11-12-53(19-34(70)71)17-32(67)54(5-3-49-84-24-30(65)39(76)35(72)26(61)20-57)6-4-50-85-25-31(66)40(77)36(73)27(62)21-58/h15,26-31,35-44,49-50,57-66,72-81H,1-14,16-25H2,(H,47,82)(H,48,83)(H,68,69)(H,70,71). The third-order valence-electron chi connectivity index (χ3n) is 12.6. The second-order valence-corrected chi connectivity index (χ2v) is 19.3. The van der Waals surface area contributed by atoms with E-state index in [0.29, 0.717) is 6.29 Å². The van der Waals surface area contributed by atoms with Crippen molar-refractivity contribution in [3.05, 3.63) is 0 Å². The first-order valence-corrected chi connectivity index (χ1v) is 26.8. The number of rotatable bonds is 54. The van der Waals surface area contributed by atoms with Crippen molar-refractivity contribution < 1.29 is 156 Å². The molecule has 0 aromatic heterocycles. The number of aliphatic carboxylic acids is 2. The molecule has 506 valence electrons. The summed E-state index contributed by atoms with van der Waals surface area (Å²) in [6.45, 7) is -10.8. The summed E-state index contributed by atoms with van der Waals surface area (Å²) in [5, 5.41) is 220. The van der Waals surface area contributed by atoms with Crippen LogP contribution in [0.25, 0.3) is 0 Å². The van der Waals surface area contributed by atoms with Crippen molar-refractivity contribution in [2.45, 2.75) is 97.7 Å². The zero-order valence-corrected chi connectivity index (χ0v) is 47.0. The van der Waals surface area contributed by atoms with E-state index in [1.807, 2.05) is 0 Å². The minimum Gasteiger partial charge on any atom is -0.480 e. The van der Waals surface area contributed by atoms with Gasteiger partial charge in [-0.25, -0.2) is 11.0 Å². The summed E-state index contributed by atoms with van der Waals surface area (Å²) in [6.07, 6.45) is -31.8. The minimum absolute atomic E-state index is 0.0479. The second-order valence-electron chi connectivity index (χ2n) is 19.3. The van der Waals surface area contributed by atoms with Crippen LogP contribution in [0.1, 0.15) is 0 Å². The Kier molecular flexibility index (Phi) is 43.8. The molecule has 0 rings (SSSR count). The fraction of sp³-hybridized carbons (Fsp3) is 0.870. The first-order valence-electron chi connectivity index (χ1n) is 26.8. The molecule has 3 amide bonds. The van der Waals surface area contributed by atoms with E-state index in [1.54, 1.807) is 0 Å². The number of nitrogens with one attached hydrogen (secondary N) is 4. The zero-order valence-electron chi connectivity index (χ0n) is 47.0. The number of hydroxylamine groups is 4. The van der Waals surface area contributed by atoms with Gasteiger partial charge in [0.15, 0.2) is 12.2 Å². The van der Waals surface area contributed by atoms with Gasteiger partial charge in [0, 0.05) is 85.1 Å². The maximum absolute atomic E-state index is 13.8. The highest BCUT2D eigenvalue weighted by molar-refractivity contribution is 5.81. The van der Waals surface area contributed by atoms with Gasteiger partial charge >= 0.3 is 11.9 Å². The van der Waals surface area contributed by atoms with Gasteiger partial charge in [-0.05, 0) is 0 Å². The topological polar surface area (TPSA) is 639 Å². The van der Waals surface area contributed by atoms with Crippen molar-refractivity contribution in [3.8, 4) is 0 Å². The van der Waals surface area contributed by atoms with Crippen molar-refractivity contribution in [2.75, 3.05) is 158 Å². The van der Waals surface area contributed by atoms with Crippen molar-refractivity contribution in [1.82, 2.24) is 46.3 Å². The van der Waals surface area contributed by atoms with E-state index in [9.17, 15) is 121 Å².